The molecule has 3 rings (SSSR count). The van der Waals surface area contributed by atoms with Crippen LogP contribution in [-0.2, 0) is 16.6 Å². The number of nitrogens with one attached hydrogen (secondary N) is 3. The molecule has 8 nitrogen and oxygen atoms in total. The molecular formula is C17H27IN4O4S. The van der Waals surface area contributed by atoms with Gasteiger partial charge < -0.3 is 20.1 Å². The second kappa shape index (κ2) is 10.3. The van der Waals surface area contributed by atoms with Gasteiger partial charge in [0.2, 0.25) is 16.8 Å². The summed E-state index contributed by atoms with van der Waals surface area (Å²) in [5, 5.41) is 6.19. The third kappa shape index (κ3) is 6.68. The number of hydrogen-bond acceptors (Lipinski definition) is 5. The summed E-state index contributed by atoms with van der Waals surface area (Å²) in [7, 11) is -1.61. The van der Waals surface area contributed by atoms with Gasteiger partial charge in [-0.3, -0.25) is 4.99 Å². The van der Waals surface area contributed by atoms with Gasteiger partial charge in [0.25, 0.3) is 0 Å². The molecular weight excluding hydrogens is 483 g/mol. The highest BCUT2D eigenvalue weighted by molar-refractivity contribution is 14.0. The van der Waals surface area contributed by atoms with Crippen molar-refractivity contribution in [3.8, 4) is 11.5 Å². The Kier molecular flexibility index (Phi) is 8.42. The van der Waals surface area contributed by atoms with Crippen LogP contribution in [0.2, 0.25) is 0 Å². The molecule has 1 saturated carbocycles. The molecule has 27 heavy (non-hydrogen) atoms. The number of fused-ring (bicyclic) bond motifs is 1. The van der Waals surface area contributed by atoms with E-state index in [9.17, 15) is 8.42 Å². The molecule has 0 saturated heterocycles. The zero-order valence-corrected chi connectivity index (χ0v) is 18.5. The van der Waals surface area contributed by atoms with Crippen LogP contribution in [0.25, 0.3) is 0 Å². The Labute approximate surface area is 177 Å². The molecule has 0 atom stereocenters. The molecule has 1 heterocycles. The molecule has 10 heteroatoms. The van der Waals surface area contributed by atoms with Crippen LogP contribution >= 0.6 is 24.0 Å². The lowest BCUT2D eigenvalue weighted by Crippen LogP contribution is -2.41. The summed E-state index contributed by atoms with van der Waals surface area (Å²) in [5.41, 5.74) is 1.02. The maximum atomic E-state index is 12.0. The highest BCUT2D eigenvalue weighted by atomic mass is 127. The van der Waals surface area contributed by atoms with Crippen molar-refractivity contribution in [3.05, 3.63) is 23.8 Å². The van der Waals surface area contributed by atoms with Crippen molar-refractivity contribution in [1.82, 2.24) is 15.4 Å². The molecule has 1 fully saturated rings. The Balaban J connectivity index is 0.00000261. The number of hydrogen-bond donors (Lipinski definition) is 3. The Hall–Kier alpha value is -1.27. The fourth-order valence-electron chi connectivity index (χ4n) is 2.78. The fourth-order valence-corrected chi connectivity index (χ4v) is 3.78. The number of guanidine groups is 1. The molecule has 152 valence electrons. The normalized spacial score (nSPS) is 16.4. The summed E-state index contributed by atoms with van der Waals surface area (Å²) < 4.78 is 37.3. The van der Waals surface area contributed by atoms with Crippen LogP contribution in [0.5, 0.6) is 11.5 Å². The Bertz CT molecular complexity index is 753. The van der Waals surface area contributed by atoms with Crippen molar-refractivity contribution in [2.75, 3.05) is 32.7 Å². The van der Waals surface area contributed by atoms with E-state index in [0.29, 0.717) is 31.5 Å². The number of sulfonamides is 1. The summed E-state index contributed by atoms with van der Waals surface area (Å²) in [5.74, 6) is 2.56. The van der Waals surface area contributed by atoms with Crippen LogP contribution in [0.3, 0.4) is 0 Å². The van der Waals surface area contributed by atoms with Gasteiger partial charge in [-0.05, 0) is 36.5 Å². The largest absolute Gasteiger partial charge is 0.454 e. The molecule has 1 aliphatic carbocycles. The lowest BCUT2D eigenvalue weighted by molar-refractivity contribution is 0.174. The predicted octanol–water partition coefficient (Wildman–Crippen LogP) is 1.42. The van der Waals surface area contributed by atoms with Crippen molar-refractivity contribution < 1.29 is 17.9 Å². The molecule has 2 aliphatic rings. The van der Waals surface area contributed by atoms with Gasteiger partial charge in [-0.15, -0.1) is 24.0 Å². The number of aliphatic imine (C=N–C) groups is 1. The highest BCUT2D eigenvalue weighted by Gasteiger charge is 2.20. The predicted molar refractivity (Wildman–Crippen MR) is 115 cm³/mol. The van der Waals surface area contributed by atoms with Gasteiger partial charge in [0, 0.05) is 26.7 Å². The molecule has 3 N–H and O–H groups in total. The third-order valence-electron chi connectivity index (χ3n) is 4.60. The summed E-state index contributed by atoms with van der Waals surface area (Å²) in [6, 6.07) is 5.73. The van der Waals surface area contributed by atoms with E-state index in [2.05, 4.69) is 20.3 Å². The van der Waals surface area contributed by atoms with E-state index in [1.807, 2.05) is 18.2 Å². The molecule has 1 aliphatic heterocycles. The van der Waals surface area contributed by atoms with Crippen LogP contribution in [-0.4, -0.2) is 47.1 Å². The number of rotatable bonds is 8. The van der Waals surface area contributed by atoms with Gasteiger partial charge in [0.1, 0.15) is 0 Å². The molecule has 1 aromatic carbocycles. The Morgan fingerprint density at radius 1 is 1.22 bits per heavy atom. The summed E-state index contributed by atoms with van der Waals surface area (Å²) in [6.45, 7) is 1.64. The highest BCUT2D eigenvalue weighted by Crippen LogP contribution is 2.32. The minimum atomic E-state index is -3.26. The smallest absolute Gasteiger partial charge is 0.231 e. The van der Waals surface area contributed by atoms with E-state index >= 15 is 0 Å². The SMILES string of the molecule is CN=C(NCCS(=O)(=O)NCC1CCC1)NCc1ccc2c(c1)OCO2.I. The van der Waals surface area contributed by atoms with Crippen molar-refractivity contribution in [2.24, 2.45) is 10.9 Å². The second-order valence-electron chi connectivity index (χ2n) is 6.50. The van der Waals surface area contributed by atoms with Crippen LogP contribution < -0.4 is 24.8 Å². The zero-order valence-electron chi connectivity index (χ0n) is 15.4. The van der Waals surface area contributed by atoms with E-state index in [0.717, 1.165) is 29.9 Å². The Morgan fingerprint density at radius 3 is 2.70 bits per heavy atom. The molecule has 0 aromatic heterocycles. The average Bonchev–Trinajstić information content (AvgIpc) is 3.04. The number of nitrogens with zero attached hydrogens (tertiary/aromatic N) is 1. The van der Waals surface area contributed by atoms with Gasteiger partial charge in [-0.25, -0.2) is 13.1 Å². The van der Waals surface area contributed by atoms with Crippen LogP contribution in [0.15, 0.2) is 23.2 Å². The summed E-state index contributed by atoms with van der Waals surface area (Å²) >= 11 is 0. The van der Waals surface area contributed by atoms with E-state index in [1.54, 1.807) is 7.05 Å². The first-order valence-corrected chi connectivity index (χ1v) is 10.5. The standard InChI is InChI=1S/C17H26N4O4S.HI/c1-18-17(19-7-8-26(22,23)21-11-13-3-2-4-13)20-10-14-5-6-15-16(9-14)25-12-24-15;/h5-6,9,13,21H,2-4,7-8,10-12H2,1H3,(H2,18,19,20);1H. The van der Waals surface area contributed by atoms with Crippen LogP contribution in [0.4, 0.5) is 0 Å². The van der Waals surface area contributed by atoms with Gasteiger partial charge in [0.15, 0.2) is 17.5 Å². The van der Waals surface area contributed by atoms with Gasteiger partial charge in [-0.2, -0.15) is 0 Å². The molecule has 0 amide bonds. The van der Waals surface area contributed by atoms with Gasteiger partial charge in [0.05, 0.1) is 5.75 Å². The zero-order chi connectivity index (χ0) is 18.4. The number of halogens is 1. The summed E-state index contributed by atoms with van der Waals surface area (Å²) in [4.78, 5) is 4.12. The maximum absolute atomic E-state index is 12.0. The first-order chi connectivity index (χ1) is 12.6. The fraction of sp³-hybridized carbons (Fsp3) is 0.588. The van der Waals surface area contributed by atoms with Gasteiger partial charge >= 0.3 is 0 Å². The molecule has 0 bridgehead atoms. The first-order valence-electron chi connectivity index (χ1n) is 8.86. The Morgan fingerprint density at radius 2 is 2.00 bits per heavy atom. The van der Waals surface area contributed by atoms with Crippen molar-refractivity contribution in [3.63, 3.8) is 0 Å². The lowest BCUT2D eigenvalue weighted by Gasteiger charge is -2.25. The van der Waals surface area contributed by atoms with E-state index in [-0.39, 0.29) is 36.5 Å². The van der Waals surface area contributed by atoms with Crippen LogP contribution in [0.1, 0.15) is 24.8 Å². The van der Waals surface area contributed by atoms with Crippen molar-refractivity contribution in [1.29, 1.82) is 0 Å². The minimum Gasteiger partial charge on any atom is -0.454 e. The maximum Gasteiger partial charge on any atom is 0.231 e. The first kappa shape index (κ1) is 22.0. The van der Waals surface area contributed by atoms with Crippen molar-refractivity contribution >= 4 is 40.0 Å². The topological polar surface area (TPSA) is 101 Å². The molecule has 0 unspecified atom stereocenters. The van der Waals surface area contributed by atoms with E-state index in [4.69, 9.17) is 9.47 Å². The molecule has 1 aromatic rings. The quantitative estimate of drug-likeness (QED) is 0.278. The van der Waals surface area contributed by atoms with Gasteiger partial charge in [-0.1, -0.05) is 12.5 Å². The monoisotopic (exact) mass is 510 g/mol. The van der Waals surface area contributed by atoms with E-state index < -0.39 is 10.0 Å². The summed E-state index contributed by atoms with van der Waals surface area (Å²) in [6.07, 6.45) is 3.45. The molecule has 0 radical (unpaired) electrons. The molecule has 0 spiro atoms. The number of ether oxygens (including phenoxy) is 2. The third-order valence-corrected chi connectivity index (χ3v) is 5.95. The lowest BCUT2D eigenvalue weighted by atomic mass is 9.86. The average molecular weight is 510 g/mol. The minimum absolute atomic E-state index is 0. The van der Waals surface area contributed by atoms with E-state index in [1.165, 1.54) is 6.42 Å². The number of benzene rings is 1. The van der Waals surface area contributed by atoms with Crippen molar-refractivity contribution in [2.45, 2.75) is 25.8 Å². The second-order valence-corrected chi connectivity index (χ2v) is 8.43. The van der Waals surface area contributed by atoms with Crippen LogP contribution in [0, 0.1) is 5.92 Å².